The van der Waals surface area contributed by atoms with Gasteiger partial charge in [0.2, 0.25) is 0 Å². The van der Waals surface area contributed by atoms with Crippen LogP contribution in [-0.2, 0) is 80.6 Å². The highest BCUT2D eigenvalue weighted by Gasteiger charge is 2.69. The Hall–Kier alpha value is -1.81. The van der Waals surface area contributed by atoms with Crippen molar-refractivity contribution in [2.24, 2.45) is 17.4 Å². The van der Waals surface area contributed by atoms with Gasteiger partial charge in [-0.25, -0.2) is 0 Å². The van der Waals surface area contributed by atoms with Crippen LogP contribution in [0.4, 0.5) is 0 Å². The molecule has 78 heavy (non-hydrogen) atoms. The number of carbonyl (C=O) groups excluding carboxylic acids is 1. The molecule has 3 spiro atoms. The highest BCUT2D eigenvalue weighted by Crippen LogP contribution is 2.57. The molecule has 17 heterocycles. The number of nitrogens with two attached hydrogens (primary N) is 2. The molecule has 17 rings (SSSR count). The Morgan fingerprint density at radius 3 is 2.06 bits per heavy atom. The van der Waals surface area contributed by atoms with Crippen LogP contribution in [-0.4, -0.2) is 211 Å². The first-order valence-electron chi connectivity index (χ1n) is 30.0. The number of ether oxygens (including phenoxy) is 16. The average molecular weight is 1100 g/mol. The molecule has 21 heteroatoms. The fourth-order valence-electron chi connectivity index (χ4n) is 17.7. The summed E-state index contributed by atoms with van der Waals surface area (Å²) in [5, 5.41) is 20.1. The normalized spacial score (nSPS) is 58.2. The van der Waals surface area contributed by atoms with Crippen molar-refractivity contribution in [1.29, 1.82) is 0 Å². The number of hydrogen-bond acceptors (Lipinski definition) is 21. The molecule has 0 aliphatic carbocycles. The highest BCUT2D eigenvalue weighted by atomic mass is 16.8. The first-order valence-corrected chi connectivity index (χ1v) is 30.0. The summed E-state index contributed by atoms with van der Waals surface area (Å²) in [7, 11) is 0. The zero-order valence-electron chi connectivity index (χ0n) is 44.4. The molecular weight excluding hydrogens is 1020 g/mol. The van der Waals surface area contributed by atoms with Gasteiger partial charge in [-0.1, -0.05) is 13.2 Å². The molecular formula is C57H80N2O19. The first-order chi connectivity index (χ1) is 37.7. The topological polar surface area (TPSA) is 257 Å². The van der Waals surface area contributed by atoms with Crippen molar-refractivity contribution >= 4 is 5.97 Å². The molecule has 12 bridgehead atoms. The van der Waals surface area contributed by atoms with Gasteiger partial charge in [-0.15, -0.1) is 0 Å². The Bertz CT molecular complexity index is 2350. The average Bonchev–Trinajstić information content (AvgIpc) is 4.44. The van der Waals surface area contributed by atoms with Crippen molar-refractivity contribution in [3.63, 3.8) is 0 Å². The summed E-state index contributed by atoms with van der Waals surface area (Å²) in [6.45, 7) is 8.88. The molecule has 0 aromatic rings. The molecule has 21 nitrogen and oxygen atoms in total. The van der Waals surface area contributed by atoms with E-state index in [-0.39, 0.29) is 147 Å². The van der Waals surface area contributed by atoms with Crippen molar-refractivity contribution in [2.75, 3.05) is 13.2 Å². The minimum Gasteiger partial charge on any atom is -0.459 e. The van der Waals surface area contributed by atoms with Gasteiger partial charge in [0, 0.05) is 82.2 Å². The summed E-state index contributed by atoms with van der Waals surface area (Å²) in [6.07, 6.45) is 2.86. The second kappa shape index (κ2) is 19.4. The van der Waals surface area contributed by atoms with Gasteiger partial charge in [-0.2, -0.15) is 0 Å². The second-order valence-corrected chi connectivity index (χ2v) is 26.5. The van der Waals surface area contributed by atoms with Gasteiger partial charge in [0.15, 0.2) is 17.4 Å². The molecule has 0 radical (unpaired) electrons. The van der Waals surface area contributed by atoms with Crippen LogP contribution in [0.2, 0.25) is 0 Å². The Morgan fingerprint density at radius 1 is 0.500 bits per heavy atom. The number of hydrogen-bond donors (Lipinski definition) is 4. The van der Waals surface area contributed by atoms with Crippen molar-refractivity contribution in [3.8, 4) is 0 Å². The van der Waals surface area contributed by atoms with E-state index in [4.69, 9.17) is 87.3 Å². The molecule has 6 N–H and O–H groups in total. The fourth-order valence-corrected chi connectivity index (χ4v) is 17.7. The molecule has 0 amide bonds. The van der Waals surface area contributed by atoms with E-state index in [1.165, 1.54) is 0 Å². The van der Waals surface area contributed by atoms with Crippen molar-refractivity contribution < 1.29 is 90.8 Å². The number of fused-ring (bicyclic) bond motifs is 11. The van der Waals surface area contributed by atoms with Crippen LogP contribution in [0.25, 0.3) is 0 Å². The Kier molecular flexibility index (Phi) is 12.9. The van der Waals surface area contributed by atoms with E-state index >= 15 is 0 Å². The van der Waals surface area contributed by atoms with Crippen LogP contribution in [0, 0.1) is 5.92 Å². The largest absolute Gasteiger partial charge is 0.459 e. The zero-order chi connectivity index (χ0) is 52.6. The van der Waals surface area contributed by atoms with E-state index in [0.29, 0.717) is 96.5 Å². The fraction of sp³-hybridized carbons (Fsp3) is 0.912. The maximum Gasteiger partial charge on any atom is 0.308 e. The number of aliphatic hydroxyl groups excluding tert-OH is 2. The zero-order valence-corrected chi connectivity index (χ0v) is 44.4. The molecule has 17 saturated heterocycles. The molecule has 31 atom stereocenters. The van der Waals surface area contributed by atoms with E-state index in [1.807, 2.05) is 0 Å². The summed E-state index contributed by atoms with van der Waals surface area (Å²) in [5.41, 5.74) is 15.7. The van der Waals surface area contributed by atoms with E-state index in [9.17, 15) is 15.0 Å². The third-order valence-corrected chi connectivity index (χ3v) is 21.5. The van der Waals surface area contributed by atoms with E-state index in [0.717, 1.165) is 36.8 Å². The van der Waals surface area contributed by atoms with E-state index in [1.54, 1.807) is 0 Å². The predicted molar refractivity (Wildman–Crippen MR) is 265 cm³/mol. The molecule has 0 saturated carbocycles. The Labute approximate surface area is 454 Å². The maximum atomic E-state index is 14.4. The van der Waals surface area contributed by atoms with Gasteiger partial charge in [-0.05, 0) is 62.5 Å². The van der Waals surface area contributed by atoms with Crippen LogP contribution in [0.5, 0.6) is 0 Å². The summed E-state index contributed by atoms with van der Waals surface area (Å²) in [4.78, 5) is 14.4. The van der Waals surface area contributed by atoms with Crippen LogP contribution < -0.4 is 11.5 Å². The minimum absolute atomic E-state index is 0.00676. The second-order valence-electron chi connectivity index (χ2n) is 26.5. The Morgan fingerprint density at radius 2 is 1.18 bits per heavy atom. The van der Waals surface area contributed by atoms with E-state index < -0.39 is 60.1 Å². The summed E-state index contributed by atoms with van der Waals surface area (Å²) < 4.78 is 109. The molecule has 17 aliphatic heterocycles. The smallest absolute Gasteiger partial charge is 0.308 e. The van der Waals surface area contributed by atoms with Crippen molar-refractivity contribution in [1.82, 2.24) is 0 Å². The van der Waals surface area contributed by atoms with Crippen LogP contribution in [0.1, 0.15) is 122 Å². The lowest BCUT2D eigenvalue weighted by Gasteiger charge is -2.53. The van der Waals surface area contributed by atoms with Gasteiger partial charge >= 0.3 is 5.97 Å². The lowest BCUT2D eigenvalue weighted by Crippen LogP contribution is -2.65. The van der Waals surface area contributed by atoms with Crippen molar-refractivity contribution in [3.05, 3.63) is 24.3 Å². The molecule has 0 aromatic heterocycles. The molecule has 0 aromatic carbocycles. The first kappa shape index (κ1) is 51.8. The maximum absolute atomic E-state index is 14.4. The lowest BCUT2D eigenvalue weighted by molar-refractivity contribution is -0.356. The standard InChI is InChI=1S/C57H80N2O19/c1-24-11-28-7-9-56-21-46-51(77-56)52-53(71-46)54(78-56)50-35(70-52)6-4-27(66-50)13-47(62)69-40-15-38-39(67-37(40)14-36-25(2)30(58)12-26(65-36)3-5-33(24)64-28)16-41-44(68-38)19-57(74-41)20-45-34(73-57)8-10-55(76-45)18-31(59)49-43(75-55)17-42-48(72-49)29(23-63-42)32(61)22-60/h26-46,48-54,60-61H,1-23,58-59H2/t26-,27+,28-,29+,30+,31-,32-,33-,34-,35-,36+,37-,38?,39-,40+,41+,42+,43-,44?,45-,46-,48+,49-,50-,51?,52-,53+,54-,55-,56-,57+/m0/s1. The summed E-state index contributed by atoms with van der Waals surface area (Å²) in [6, 6.07) is -0.637. The molecule has 17 aliphatic rings. The number of aliphatic hydroxyl groups is 2. The van der Waals surface area contributed by atoms with Crippen LogP contribution in [0.3, 0.4) is 0 Å². The minimum atomic E-state index is -0.928. The van der Waals surface area contributed by atoms with Crippen LogP contribution >= 0.6 is 0 Å². The van der Waals surface area contributed by atoms with Crippen molar-refractivity contribution in [2.45, 2.75) is 304 Å². The number of rotatable bonds is 2. The third-order valence-electron chi connectivity index (χ3n) is 21.5. The van der Waals surface area contributed by atoms with Gasteiger partial charge in [0.25, 0.3) is 0 Å². The highest BCUT2D eigenvalue weighted by molar-refractivity contribution is 5.70. The number of esters is 1. The lowest BCUT2D eigenvalue weighted by atomic mass is 9.82. The predicted octanol–water partition coefficient (Wildman–Crippen LogP) is 2.08. The SMILES string of the molecule is C=C1C[C@@H]2CC[C@@]34C[C@@H]5O[C@H]6[C@@H](O3)[C@H]3O[C@H](CC[C@@H]3O[C@H]6C5O4)CC(=O)O[C@@H]3CC4OC5C[C@]6(C[C@@H]7O[C@@]8(CC[C@@H]7O6)C[C@H](N)[C@@H]6O[C@@H]7[C@@H]([C@@H](O)CO)CO[C@@H]7C[C@@H]6O8)O[C@@H]5C[C@@H]4O[C@H]3C[C@H]3O[C@@H](CC[C@@H]1O2)C[C@@H](N)C3=C. The van der Waals surface area contributed by atoms with E-state index in [2.05, 4.69) is 13.2 Å². The van der Waals surface area contributed by atoms with Gasteiger partial charge in [-0.3, -0.25) is 4.79 Å². The van der Waals surface area contributed by atoms with Gasteiger partial charge in [0.1, 0.15) is 36.6 Å². The van der Waals surface area contributed by atoms with Gasteiger partial charge in [0.05, 0.1) is 136 Å². The molecule has 432 valence electrons. The van der Waals surface area contributed by atoms with Gasteiger partial charge < -0.3 is 97.5 Å². The van der Waals surface area contributed by atoms with Crippen LogP contribution in [0.15, 0.2) is 24.3 Å². The Balaban J connectivity index is 0.614. The number of carbonyl (C=O) groups is 1. The monoisotopic (exact) mass is 1100 g/mol. The quantitative estimate of drug-likeness (QED) is 0.228. The summed E-state index contributed by atoms with van der Waals surface area (Å²) >= 11 is 0. The third kappa shape index (κ3) is 8.74. The summed E-state index contributed by atoms with van der Waals surface area (Å²) in [5.74, 6) is -3.37. The molecule has 17 fully saturated rings. The molecule has 3 unspecified atom stereocenters.